The Morgan fingerprint density at radius 3 is 2.63 bits per heavy atom. The second-order valence-corrected chi connectivity index (χ2v) is 10.1. The molecule has 0 amide bonds. The Bertz CT molecular complexity index is 1850. The Hall–Kier alpha value is -4.66. The van der Waals surface area contributed by atoms with E-state index in [1.54, 1.807) is 11.3 Å². The number of nitrogens with one attached hydrogen (secondary N) is 3. The van der Waals surface area contributed by atoms with Crippen molar-refractivity contribution in [1.29, 1.82) is 0 Å². The predicted molar refractivity (Wildman–Crippen MR) is 153 cm³/mol. The summed E-state index contributed by atoms with van der Waals surface area (Å²) in [4.78, 5) is 18.8. The van der Waals surface area contributed by atoms with Crippen molar-refractivity contribution in [1.82, 2.24) is 35.5 Å². The summed E-state index contributed by atoms with van der Waals surface area (Å²) in [6, 6.07) is 25.0. The molecule has 7 nitrogen and oxygen atoms in total. The molecule has 0 unspecified atom stereocenters. The quantitative estimate of drug-likeness (QED) is 0.224. The summed E-state index contributed by atoms with van der Waals surface area (Å²) in [6.45, 7) is 1.53. The molecule has 0 saturated heterocycles. The molecular formula is C30H23N7S. The number of fused-ring (bicyclic) bond motifs is 2. The van der Waals surface area contributed by atoms with E-state index in [2.05, 4.69) is 96.5 Å². The van der Waals surface area contributed by atoms with Gasteiger partial charge < -0.3 is 10.3 Å². The lowest BCUT2D eigenvalue weighted by molar-refractivity contribution is 0.691. The van der Waals surface area contributed by atoms with Gasteiger partial charge in [0.1, 0.15) is 5.69 Å². The van der Waals surface area contributed by atoms with E-state index in [1.807, 2.05) is 30.7 Å². The lowest BCUT2D eigenvalue weighted by atomic mass is 10.1. The molecule has 0 aliphatic heterocycles. The van der Waals surface area contributed by atoms with Gasteiger partial charge >= 0.3 is 0 Å². The van der Waals surface area contributed by atoms with E-state index < -0.39 is 0 Å². The molecule has 7 aromatic rings. The van der Waals surface area contributed by atoms with Crippen molar-refractivity contribution in [3.05, 3.63) is 108 Å². The fourth-order valence-corrected chi connectivity index (χ4v) is 5.45. The Labute approximate surface area is 222 Å². The molecule has 0 atom stereocenters. The van der Waals surface area contributed by atoms with Crippen LogP contribution in [0.4, 0.5) is 0 Å². The third-order valence-electron chi connectivity index (χ3n) is 6.56. The smallest absolute Gasteiger partial charge is 0.159 e. The number of benzene rings is 2. The highest BCUT2D eigenvalue weighted by Crippen LogP contribution is 2.34. The maximum atomic E-state index is 4.96. The summed E-state index contributed by atoms with van der Waals surface area (Å²) >= 11 is 1.71. The third kappa shape index (κ3) is 4.26. The number of aromatic amines is 2. The first kappa shape index (κ1) is 22.5. The second-order valence-electron chi connectivity index (χ2n) is 9.12. The highest BCUT2D eigenvalue weighted by atomic mass is 32.1. The van der Waals surface area contributed by atoms with Crippen molar-refractivity contribution >= 4 is 33.3 Å². The highest BCUT2D eigenvalue weighted by molar-refractivity contribution is 7.13. The zero-order chi connectivity index (χ0) is 25.3. The van der Waals surface area contributed by atoms with E-state index in [9.17, 15) is 0 Å². The first-order valence-electron chi connectivity index (χ1n) is 12.4. The van der Waals surface area contributed by atoms with Crippen LogP contribution < -0.4 is 5.32 Å². The van der Waals surface area contributed by atoms with E-state index >= 15 is 0 Å². The third-order valence-corrected chi connectivity index (χ3v) is 7.47. The average molecular weight is 514 g/mol. The van der Waals surface area contributed by atoms with Crippen molar-refractivity contribution in [3.8, 4) is 33.2 Å². The zero-order valence-corrected chi connectivity index (χ0v) is 21.2. The lowest BCUT2D eigenvalue weighted by Gasteiger charge is -2.07. The monoisotopic (exact) mass is 513 g/mol. The molecule has 2 aromatic carbocycles. The molecule has 8 heteroatoms. The number of pyridine rings is 2. The maximum Gasteiger partial charge on any atom is 0.159 e. The second kappa shape index (κ2) is 9.66. The molecule has 3 N–H and O–H groups in total. The molecule has 38 heavy (non-hydrogen) atoms. The van der Waals surface area contributed by atoms with Crippen LogP contribution >= 0.6 is 11.3 Å². The van der Waals surface area contributed by atoms with Crippen LogP contribution in [0, 0.1) is 0 Å². The van der Waals surface area contributed by atoms with Gasteiger partial charge in [-0.2, -0.15) is 5.10 Å². The van der Waals surface area contributed by atoms with Crippen LogP contribution in [0.3, 0.4) is 0 Å². The highest BCUT2D eigenvalue weighted by Gasteiger charge is 2.16. The van der Waals surface area contributed by atoms with Crippen LogP contribution in [0.25, 0.3) is 55.2 Å². The van der Waals surface area contributed by atoms with Crippen LogP contribution in [-0.2, 0) is 13.1 Å². The Balaban J connectivity index is 1.20. The molecule has 0 spiro atoms. The number of nitrogens with zero attached hydrogens (tertiary/aromatic N) is 4. The van der Waals surface area contributed by atoms with Gasteiger partial charge in [0.05, 0.1) is 28.4 Å². The lowest BCUT2D eigenvalue weighted by Crippen LogP contribution is -2.12. The van der Waals surface area contributed by atoms with Gasteiger partial charge in [-0.05, 0) is 40.8 Å². The van der Waals surface area contributed by atoms with E-state index in [4.69, 9.17) is 4.98 Å². The van der Waals surface area contributed by atoms with Crippen LogP contribution in [-0.4, -0.2) is 30.1 Å². The number of aromatic nitrogens is 6. The molecular weight excluding hydrogens is 490 g/mol. The molecule has 184 valence electrons. The van der Waals surface area contributed by atoms with Crippen LogP contribution in [0.2, 0.25) is 0 Å². The molecule has 5 aromatic heterocycles. The van der Waals surface area contributed by atoms with Gasteiger partial charge in [-0.25, -0.2) is 4.98 Å². The number of thiophene rings is 1. The Morgan fingerprint density at radius 2 is 1.74 bits per heavy atom. The average Bonchev–Trinajstić information content (AvgIpc) is 3.73. The predicted octanol–water partition coefficient (Wildman–Crippen LogP) is 6.58. The van der Waals surface area contributed by atoms with Gasteiger partial charge in [0, 0.05) is 46.9 Å². The topological polar surface area (TPSA) is 95.2 Å². The van der Waals surface area contributed by atoms with Crippen molar-refractivity contribution in [3.63, 3.8) is 0 Å². The van der Waals surface area contributed by atoms with Crippen molar-refractivity contribution in [2.24, 2.45) is 0 Å². The van der Waals surface area contributed by atoms with E-state index in [0.29, 0.717) is 0 Å². The van der Waals surface area contributed by atoms with E-state index in [0.717, 1.165) is 68.9 Å². The molecule has 0 bridgehead atoms. The number of hydrogen-bond donors (Lipinski definition) is 3. The largest absolute Gasteiger partial charge is 0.337 e. The number of rotatable bonds is 7. The molecule has 5 heterocycles. The van der Waals surface area contributed by atoms with Crippen LogP contribution in [0.1, 0.15) is 11.1 Å². The van der Waals surface area contributed by atoms with Gasteiger partial charge in [0.15, 0.2) is 5.82 Å². The number of H-pyrrole nitrogens is 2. The minimum absolute atomic E-state index is 0.723. The molecule has 0 radical (unpaired) electrons. The summed E-state index contributed by atoms with van der Waals surface area (Å²) in [5.41, 5.74) is 8.82. The first-order chi connectivity index (χ1) is 18.8. The zero-order valence-electron chi connectivity index (χ0n) is 20.3. The fourth-order valence-electron chi connectivity index (χ4n) is 4.70. The summed E-state index contributed by atoms with van der Waals surface area (Å²) in [5.74, 6) is 0.726. The standard InChI is InChI=1S/C30H23N7S/c1-2-6-19(7-3-1)14-31-15-20-12-21(17-32-16-20)25-13-23-26(18-33-25)36-37-29(23)30-34-24-9-4-8-22(28(24)35-30)27-10-5-11-38-27/h1-13,16-18,31H,14-15H2,(H,34,35)(H,36,37). The number of imidazole rings is 1. The van der Waals surface area contributed by atoms with Gasteiger partial charge in [0.2, 0.25) is 0 Å². The van der Waals surface area contributed by atoms with Crippen LogP contribution in [0.15, 0.2) is 96.8 Å². The minimum atomic E-state index is 0.723. The molecule has 0 aliphatic rings. The maximum absolute atomic E-state index is 4.96. The summed E-state index contributed by atoms with van der Waals surface area (Å²) in [7, 11) is 0. The summed E-state index contributed by atoms with van der Waals surface area (Å²) < 4.78 is 0. The van der Waals surface area contributed by atoms with E-state index in [-0.39, 0.29) is 0 Å². The Morgan fingerprint density at radius 1 is 0.816 bits per heavy atom. The van der Waals surface area contributed by atoms with Crippen LogP contribution in [0.5, 0.6) is 0 Å². The molecule has 0 saturated carbocycles. The van der Waals surface area contributed by atoms with Gasteiger partial charge in [-0.15, -0.1) is 11.3 Å². The SMILES string of the molecule is c1ccc(CNCc2cncc(-c3cc4c(-c5nc6c(-c7cccs7)cccc6[nH]5)n[nH]c4cn3)c2)cc1. The van der Waals surface area contributed by atoms with E-state index in [1.165, 1.54) is 10.4 Å². The molecule has 7 rings (SSSR count). The Kier molecular flexibility index (Phi) is 5.73. The molecule has 0 aliphatic carbocycles. The number of para-hydroxylation sites is 1. The van der Waals surface area contributed by atoms with Gasteiger partial charge in [-0.1, -0.05) is 48.5 Å². The normalized spacial score (nSPS) is 11.5. The van der Waals surface area contributed by atoms with Gasteiger partial charge in [-0.3, -0.25) is 15.1 Å². The molecule has 0 fully saturated rings. The summed E-state index contributed by atoms with van der Waals surface area (Å²) in [6.07, 6.45) is 5.56. The summed E-state index contributed by atoms with van der Waals surface area (Å²) in [5, 5.41) is 14.2. The minimum Gasteiger partial charge on any atom is -0.337 e. The van der Waals surface area contributed by atoms with Crippen molar-refractivity contribution in [2.45, 2.75) is 13.1 Å². The van der Waals surface area contributed by atoms with Crippen molar-refractivity contribution < 1.29 is 0 Å². The van der Waals surface area contributed by atoms with Crippen molar-refractivity contribution in [2.75, 3.05) is 0 Å². The van der Waals surface area contributed by atoms with Gasteiger partial charge in [0.25, 0.3) is 0 Å². The first-order valence-corrected chi connectivity index (χ1v) is 13.3. The fraction of sp³-hybridized carbons (Fsp3) is 0.0667. The number of hydrogen-bond acceptors (Lipinski definition) is 6.